The normalized spacial score (nSPS) is 25.0. The van der Waals surface area contributed by atoms with Crippen LogP contribution in [0.2, 0.25) is 0 Å². The van der Waals surface area contributed by atoms with E-state index in [1.54, 1.807) is 0 Å². The van der Waals surface area contributed by atoms with Gasteiger partial charge in [0.2, 0.25) is 0 Å². The molecule has 3 nitrogen and oxygen atoms in total. The van der Waals surface area contributed by atoms with Crippen LogP contribution in [0.15, 0.2) is 18.5 Å². The lowest BCUT2D eigenvalue weighted by Gasteiger charge is -2.34. The van der Waals surface area contributed by atoms with Crippen LogP contribution in [-0.4, -0.2) is 22.7 Å². The summed E-state index contributed by atoms with van der Waals surface area (Å²) in [6, 6.07) is 2.48. The molecule has 0 spiro atoms. The molecule has 3 heteroatoms. The number of aryl methyl sites for hydroxylation is 1. The van der Waals surface area contributed by atoms with Crippen molar-refractivity contribution in [3.8, 4) is 0 Å². The van der Waals surface area contributed by atoms with E-state index in [1.807, 2.05) is 12.4 Å². The number of pyridine rings is 1. The lowest BCUT2D eigenvalue weighted by Crippen LogP contribution is -2.39. The lowest BCUT2D eigenvalue weighted by molar-refractivity contribution is -0.0778. The number of aromatic nitrogens is 1. The summed E-state index contributed by atoms with van der Waals surface area (Å²) in [4.78, 5) is 4.24. The van der Waals surface area contributed by atoms with E-state index in [4.69, 9.17) is 4.74 Å². The Balaban J connectivity index is 2.35. The van der Waals surface area contributed by atoms with Crippen LogP contribution in [0.3, 0.4) is 0 Å². The Morgan fingerprint density at radius 3 is 2.62 bits per heavy atom. The number of nitrogens with one attached hydrogen (secondary N) is 1. The summed E-state index contributed by atoms with van der Waals surface area (Å²) in [7, 11) is 0. The fourth-order valence-corrected chi connectivity index (χ4v) is 3.73. The fourth-order valence-electron chi connectivity index (χ4n) is 3.73. The smallest absolute Gasteiger partial charge is 0.0681 e. The summed E-state index contributed by atoms with van der Waals surface area (Å²) >= 11 is 0. The summed E-state index contributed by atoms with van der Waals surface area (Å²) in [6.45, 7) is 14.2. The first-order valence-electron chi connectivity index (χ1n) is 8.11. The minimum absolute atomic E-state index is 0.0543. The predicted octanol–water partition coefficient (Wildman–Crippen LogP) is 4.02. The highest BCUT2D eigenvalue weighted by Gasteiger charge is 2.49. The van der Waals surface area contributed by atoms with Gasteiger partial charge >= 0.3 is 0 Å². The van der Waals surface area contributed by atoms with Gasteiger partial charge in [0.05, 0.1) is 11.2 Å². The number of rotatable bonds is 5. The Morgan fingerprint density at radius 1 is 1.38 bits per heavy atom. The van der Waals surface area contributed by atoms with Gasteiger partial charge in [-0.15, -0.1) is 0 Å². The topological polar surface area (TPSA) is 34.2 Å². The van der Waals surface area contributed by atoms with Crippen molar-refractivity contribution >= 4 is 0 Å². The quantitative estimate of drug-likeness (QED) is 0.889. The molecular weight excluding hydrogens is 260 g/mol. The van der Waals surface area contributed by atoms with Gasteiger partial charge in [0.25, 0.3) is 0 Å². The van der Waals surface area contributed by atoms with E-state index < -0.39 is 0 Å². The second kappa shape index (κ2) is 6.05. The molecule has 0 aliphatic carbocycles. The van der Waals surface area contributed by atoms with Crippen molar-refractivity contribution in [2.75, 3.05) is 6.54 Å². The van der Waals surface area contributed by atoms with Crippen LogP contribution in [-0.2, 0) is 4.74 Å². The maximum atomic E-state index is 6.32. The Kier molecular flexibility index (Phi) is 4.74. The minimum atomic E-state index is -0.120. The third kappa shape index (κ3) is 3.64. The number of ether oxygens (including phenoxy) is 1. The maximum Gasteiger partial charge on any atom is 0.0681 e. The third-order valence-corrected chi connectivity index (χ3v) is 4.56. The molecule has 1 aliphatic rings. The Morgan fingerprint density at radius 2 is 2.10 bits per heavy atom. The monoisotopic (exact) mass is 290 g/mol. The molecule has 0 radical (unpaired) electrons. The molecule has 1 fully saturated rings. The average Bonchev–Trinajstić information content (AvgIpc) is 2.60. The predicted molar refractivity (Wildman–Crippen MR) is 87.4 cm³/mol. The molecular formula is C18H30N2O. The number of nitrogens with zero attached hydrogens (tertiary/aromatic N) is 1. The molecule has 0 aromatic carbocycles. The summed E-state index contributed by atoms with van der Waals surface area (Å²) in [5.41, 5.74) is 2.44. The van der Waals surface area contributed by atoms with Crippen molar-refractivity contribution in [2.45, 2.75) is 71.6 Å². The van der Waals surface area contributed by atoms with Crippen molar-refractivity contribution in [3.63, 3.8) is 0 Å². The fraction of sp³-hybridized carbons (Fsp3) is 0.722. The minimum Gasteiger partial charge on any atom is -0.369 e. The Labute approximate surface area is 129 Å². The molecule has 2 rings (SSSR count). The van der Waals surface area contributed by atoms with Crippen molar-refractivity contribution in [1.29, 1.82) is 0 Å². The van der Waals surface area contributed by atoms with Crippen molar-refractivity contribution < 1.29 is 4.74 Å². The molecule has 1 saturated heterocycles. The molecule has 0 amide bonds. The van der Waals surface area contributed by atoms with Gasteiger partial charge in [-0.3, -0.25) is 4.98 Å². The Bertz CT molecular complexity index is 482. The maximum absolute atomic E-state index is 6.32. The second-order valence-corrected chi connectivity index (χ2v) is 7.44. The first kappa shape index (κ1) is 16.4. The van der Waals surface area contributed by atoms with Crippen molar-refractivity contribution in [1.82, 2.24) is 10.3 Å². The Hall–Kier alpha value is -0.930. The van der Waals surface area contributed by atoms with Crippen LogP contribution in [0.25, 0.3) is 0 Å². The second-order valence-electron chi connectivity index (χ2n) is 7.44. The number of hydrogen-bond donors (Lipinski definition) is 1. The molecule has 2 unspecified atom stereocenters. The van der Waals surface area contributed by atoms with Gasteiger partial charge in [-0.25, -0.2) is 0 Å². The van der Waals surface area contributed by atoms with E-state index in [0.717, 1.165) is 19.4 Å². The standard InChI is InChI=1S/C18H30N2O/c1-7-9-20-16(14-8-10-19-12-13(14)2)15-11-17(3,4)21-18(15,5)6/h8,10,12,15-16,20H,7,9,11H2,1-6H3. The van der Waals surface area contributed by atoms with Crippen LogP contribution in [0.1, 0.15) is 64.6 Å². The van der Waals surface area contributed by atoms with E-state index >= 15 is 0 Å². The highest BCUT2D eigenvalue weighted by molar-refractivity contribution is 5.27. The molecule has 21 heavy (non-hydrogen) atoms. The SMILES string of the molecule is CCCNC(c1ccncc1C)C1CC(C)(C)OC1(C)C. The zero-order valence-electron chi connectivity index (χ0n) is 14.4. The van der Waals surface area contributed by atoms with Crippen LogP contribution < -0.4 is 5.32 Å². The first-order chi connectivity index (χ1) is 9.77. The van der Waals surface area contributed by atoms with Crippen LogP contribution >= 0.6 is 0 Å². The molecule has 1 aromatic heterocycles. The van der Waals surface area contributed by atoms with Gasteiger partial charge < -0.3 is 10.1 Å². The van der Waals surface area contributed by atoms with Gasteiger partial charge in [0.15, 0.2) is 0 Å². The molecule has 1 N–H and O–H groups in total. The van der Waals surface area contributed by atoms with E-state index in [1.165, 1.54) is 11.1 Å². The summed E-state index contributed by atoms with van der Waals surface area (Å²) in [5.74, 6) is 0.458. The first-order valence-corrected chi connectivity index (χ1v) is 8.11. The van der Waals surface area contributed by atoms with Crippen molar-refractivity contribution in [3.05, 3.63) is 29.6 Å². The third-order valence-electron chi connectivity index (χ3n) is 4.56. The molecule has 118 valence electrons. The van der Waals surface area contributed by atoms with Gasteiger partial charge in [0, 0.05) is 24.4 Å². The van der Waals surface area contributed by atoms with Crippen molar-refractivity contribution in [2.24, 2.45) is 5.92 Å². The summed E-state index contributed by atoms with van der Waals surface area (Å²) in [5, 5.41) is 3.75. The van der Waals surface area contributed by atoms with Gasteiger partial charge in [-0.05, 0) is 71.2 Å². The van der Waals surface area contributed by atoms with E-state index in [2.05, 4.69) is 57.9 Å². The van der Waals surface area contributed by atoms with E-state index in [9.17, 15) is 0 Å². The van der Waals surface area contributed by atoms with Gasteiger partial charge in [0.1, 0.15) is 0 Å². The molecule has 0 bridgehead atoms. The number of hydrogen-bond acceptors (Lipinski definition) is 3. The average molecular weight is 290 g/mol. The highest BCUT2D eigenvalue weighted by atomic mass is 16.5. The van der Waals surface area contributed by atoms with Crippen LogP contribution in [0.4, 0.5) is 0 Å². The molecule has 1 aromatic rings. The van der Waals surface area contributed by atoms with Crippen LogP contribution in [0.5, 0.6) is 0 Å². The molecule has 1 aliphatic heterocycles. The lowest BCUT2D eigenvalue weighted by atomic mass is 9.78. The highest BCUT2D eigenvalue weighted by Crippen LogP contribution is 2.48. The molecule has 2 atom stereocenters. The molecule has 0 saturated carbocycles. The van der Waals surface area contributed by atoms with E-state index in [0.29, 0.717) is 12.0 Å². The zero-order valence-corrected chi connectivity index (χ0v) is 14.4. The zero-order chi connectivity index (χ0) is 15.7. The van der Waals surface area contributed by atoms with Crippen LogP contribution in [0, 0.1) is 12.8 Å². The summed E-state index contributed by atoms with van der Waals surface area (Å²) in [6.07, 6.45) is 6.07. The van der Waals surface area contributed by atoms with Gasteiger partial charge in [-0.1, -0.05) is 6.92 Å². The molecule has 2 heterocycles. The largest absolute Gasteiger partial charge is 0.369 e. The van der Waals surface area contributed by atoms with Gasteiger partial charge in [-0.2, -0.15) is 0 Å². The van der Waals surface area contributed by atoms with E-state index in [-0.39, 0.29) is 11.2 Å². The summed E-state index contributed by atoms with van der Waals surface area (Å²) < 4.78 is 6.32.